The van der Waals surface area contributed by atoms with Gasteiger partial charge in [0.25, 0.3) is 11.8 Å². The van der Waals surface area contributed by atoms with Crippen LogP contribution in [0.4, 0.5) is 4.39 Å². The van der Waals surface area contributed by atoms with Crippen LogP contribution in [0, 0.1) is 5.82 Å². The number of nitrogens with zero attached hydrogens (tertiary/aromatic N) is 3. The van der Waals surface area contributed by atoms with Gasteiger partial charge in [-0.05, 0) is 36.8 Å². The second kappa shape index (κ2) is 9.06. The molecule has 3 heterocycles. The van der Waals surface area contributed by atoms with Gasteiger partial charge in [0.15, 0.2) is 11.4 Å². The largest absolute Gasteiger partial charge is 0.347 e. The minimum absolute atomic E-state index is 0.0312. The normalized spacial score (nSPS) is 10.8. The second-order valence-corrected chi connectivity index (χ2v) is 8.11. The van der Waals surface area contributed by atoms with Crippen LogP contribution in [-0.2, 0) is 13.1 Å². The lowest BCUT2D eigenvalue weighted by Crippen LogP contribution is -2.28. The molecule has 0 bridgehead atoms. The predicted octanol–water partition coefficient (Wildman–Crippen LogP) is 2.99. The van der Waals surface area contributed by atoms with Crippen LogP contribution in [0.15, 0.2) is 54.7 Å². The molecule has 3 aromatic heterocycles. The van der Waals surface area contributed by atoms with Crippen molar-refractivity contribution < 1.29 is 18.8 Å². The van der Waals surface area contributed by atoms with Gasteiger partial charge in [-0.15, -0.1) is 11.3 Å². The maximum atomic E-state index is 13.0. The Morgan fingerprint density at radius 3 is 2.47 bits per heavy atom. The summed E-state index contributed by atoms with van der Waals surface area (Å²) in [4.78, 5) is 42.6. The molecule has 0 aliphatic rings. The first-order valence-electron chi connectivity index (χ1n) is 9.66. The van der Waals surface area contributed by atoms with E-state index in [0.717, 1.165) is 10.4 Å². The number of halogens is 1. The van der Waals surface area contributed by atoms with Crippen molar-refractivity contribution in [2.24, 2.45) is 0 Å². The highest BCUT2D eigenvalue weighted by Crippen LogP contribution is 2.17. The first-order chi connectivity index (χ1) is 15.4. The number of carbonyl (C=O) groups is 3. The lowest BCUT2D eigenvalue weighted by molar-refractivity contribution is 0.0941. The molecule has 32 heavy (non-hydrogen) atoms. The quantitative estimate of drug-likeness (QED) is 0.420. The van der Waals surface area contributed by atoms with E-state index in [1.165, 1.54) is 47.2 Å². The number of aromatic nitrogens is 3. The van der Waals surface area contributed by atoms with E-state index < -0.39 is 11.8 Å². The maximum absolute atomic E-state index is 13.0. The summed E-state index contributed by atoms with van der Waals surface area (Å²) in [5.41, 5.74) is 1.28. The van der Waals surface area contributed by atoms with Gasteiger partial charge in [-0.2, -0.15) is 5.10 Å². The zero-order chi connectivity index (χ0) is 22.7. The molecule has 0 saturated carbocycles. The molecule has 0 fully saturated rings. The highest BCUT2D eigenvalue weighted by atomic mass is 32.1. The van der Waals surface area contributed by atoms with Crippen LogP contribution in [0.3, 0.4) is 0 Å². The zero-order valence-corrected chi connectivity index (χ0v) is 17.8. The summed E-state index contributed by atoms with van der Waals surface area (Å²) in [6, 6.07) is 12.2. The number of benzene rings is 1. The molecule has 0 radical (unpaired) electrons. The Hall–Kier alpha value is -3.92. The highest BCUT2D eigenvalue weighted by Gasteiger charge is 2.18. The number of Topliss-reactive ketones (excluding diaryl/α,β-unsaturated/α-hetero) is 1. The predicted molar refractivity (Wildman–Crippen MR) is 116 cm³/mol. The summed E-state index contributed by atoms with van der Waals surface area (Å²) >= 11 is 1.31. The topological polar surface area (TPSA) is 105 Å². The minimum atomic E-state index is -0.476. The highest BCUT2D eigenvalue weighted by molar-refractivity contribution is 7.14. The van der Waals surface area contributed by atoms with E-state index >= 15 is 0 Å². The molecule has 2 amide bonds. The molecule has 8 nitrogen and oxygen atoms in total. The van der Waals surface area contributed by atoms with E-state index in [4.69, 9.17) is 0 Å². The molecule has 0 unspecified atom stereocenters. The van der Waals surface area contributed by atoms with Gasteiger partial charge in [0.05, 0.1) is 17.6 Å². The van der Waals surface area contributed by atoms with Crippen molar-refractivity contribution in [1.82, 2.24) is 25.2 Å². The van der Waals surface area contributed by atoms with Crippen molar-refractivity contribution in [1.29, 1.82) is 0 Å². The molecular formula is C22H18FN5O3S. The van der Waals surface area contributed by atoms with Gasteiger partial charge >= 0.3 is 0 Å². The zero-order valence-electron chi connectivity index (χ0n) is 17.0. The molecule has 0 saturated heterocycles. The van der Waals surface area contributed by atoms with Gasteiger partial charge < -0.3 is 10.6 Å². The van der Waals surface area contributed by atoms with Crippen molar-refractivity contribution in [3.8, 4) is 0 Å². The summed E-state index contributed by atoms with van der Waals surface area (Å²) in [6.07, 6.45) is 1.48. The van der Waals surface area contributed by atoms with Crippen LogP contribution in [0.1, 0.15) is 48.0 Å². The molecule has 2 N–H and O–H groups in total. The third kappa shape index (κ3) is 4.70. The average molecular weight is 451 g/mol. The minimum Gasteiger partial charge on any atom is -0.347 e. The van der Waals surface area contributed by atoms with E-state index in [1.54, 1.807) is 30.3 Å². The van der Waals surface area contributed by atoms with Gasteiger partial charge in [0.2, 0.25) is 0 Å². The molecule has 0 atom stereocenters. The monoisotopic (exact) mass is 451 g/mol. The van der Waals surface area contributed by atoms with Crippen molar-refractivity contribution in [3.63, 3.8) is 0 Å². The van der Waals surface area contributed by atoms with E-state index in [2.05, 4.69) is 20.7 Å². The molecule has 0 aliphatic heterocycles. The number of nitrogens with one attached hydrogen (secondary N) is 2. The molecule has 4 aromatic rings. The van der Waals surface area contributed by atoms with Gasteiger partial charge in [0.1, 0.15) is 17.2 Å². The van der Waals surface area contributed by atoms with Crippen LogP contribution < -0.4 is 10.6 Å². The Morgan fingerprint density at radius 2 is 1.75 bits per heavy atom. The maximum Gasteiger partial charge on any atom is 0.270 e. The number of fused-ring (bicyclic) bond motifs is 1. The summed E-state index contributed by atoms with van der Waals surface area (Å²) in [5, 5.41) is 9.60. The lowest BCUT2D eigenvalue weighted by atomic mass is 10.2. The standard InChI is InChI=1S/C22H18FN5O3S/c1-13(29)19-7-6-16(32-19)12-25-22(31)18-10-17(27-20-8-9-26-28(18)20)21(30)24-11-14-2-4-15(23)5-3-14/h2-10H,11-12H2,1H3,(H,24,30)(H,25,31). The number of hydrogen-bond acceptors (Lipinski definition) is 6. The molecule has 1 aromatic carbocycles. The first kappa shape index (κ1) is 21.3. The smallest absolute Gasteiger partial charge is 0.270 e. The first-order valence-corrected chi connectivity index (χ1v) is 10.5. The summed E-state index contributed by atoms with van der Waals surface area (Å²) in [7, 11) is 0. The number of rotatable bonds is 7. The molecule has 0 spiro atoms. The number of carbonyl (C=O) groups excluding carboxylic acids is 3. The van der Waals surface area contributed by atoms with Crippen LogP contribution in [0.5, 0.6) is 0 Å². The van der Waals surface area contributed by atoms with Crippen molar-refractivity contribution in [2.45, 2.75) is 20.0 Å². The van der Waals surface area contributed by atoms with E-state index in [-0.39, 0.29) is 36.1 Å². The third-order valence-corrected chi connectivity index (χ3v) is 5.81. The Bertz CT molecular complexity index is 1310. The fourth-order valence-corrected chi connectivity index (χ4v) is 3.83. The summed E-state index contributed by atoms with van der Waals surface area (Å²) < 4.78 is 14.4. The van der Waals surface area contributed by atoms with Gasteiger partial charge in [-0.1, -0.05) is 12.1 Å². The fourth-order valence-electron chi connectivity index (χ4n) is 2.99. The molecule has 4 rings (SSSR count). The van der Waals surface area contributed by atoms with Crippen LogP contribution in [0.25, 0.3) is 5.65 Å². The average Bonchev–Trinajstić information content (AvgIpc) is 3.45. The Morgan fingerprint density at radius 1 is 1.00 bits per heavy atom. The van der Waals surface area contributed by atoms with Crippen LogP contribution >= 0.6 is 11.3 Å². The fraction of sp³-hybridized carbons (Fsp3) is 0.136. The van der Waals surface area contributed by atoms with E-state index in [0.29, 0.717) is 10.5 Å². The van der Waals surface area contributed by atoms with Gasteiger partial charge in [0, 0.05) is 23.6 Å². The summed E-state index contributed by atoms with van der Waals surface area (Å²) in [5.74, 6) is -1.30. The number of hydrogen-bond donors (Lipinski definition) is 2. The van der Waals surface area contributed by atoms with Crippen LogP contribution in [-0.4, -0.2) is 32.2 Å². The second-order valence-electron chi connectivity index (χ2n) is 6.94. The Labute approximate surface area is 186 Å². The van der Waals surface area contributed by atoms with Crippen molar-refractivity contribution >= 4 is 34.6 Å². The SMILES string of the molecule is CC(=O)c1ccc(CNC(=O)c2cc(C(=O)NCc3ccc(F)cc3)nc3ccnn23)s1. The molecule has 0 aliphatic carbocycles. The molecular weight excluding hydrogens is 433 g/mol. The van der Waals surface area contributed by atoms with E-state index in [1.807, 2.05) is 0 Å². The Balaban J connectivity index is 1.50. The van der Waals surface area contributed by atoms with Crippen molar-refractivity contribution in [2.75, 3.05) is 0 Å². The van der Waals surface area contributed by atoms with Crippen LogP contribution in [0.2, 0.25) is 0 Å². The number of thiophene rings is 1. The Kier molecular flexibility index (Phi) is 6.04. The molecule has 162 valence electrons. The number of ketones is 1. The third-order valence-electron chi connectivity index (χ3n) is 4.62. The summed E-state index contributed by atoms with van der Waals surface area (Å²) in [6.45, 7) is 1.90. The lowest BCUT2D eigenvalue weighted by Gasteiger charge is -2.09. The molecule has 10 heteroatoms. The van der Waals surface area contributed by atoms with Crippen molar-refractivity contribution in [3.05, 3.63) is 87.3 Å². The van der Waals surface area contributed by atoms with Gasteiger partial charge in [-0.3, -0.25) is 14.4 Å². The number of amides is 2. The van der Waals surface area contributed by atoms with Gasteiger partial charge in [-0.25, -0.2) is 13.9 Å². The van der Waals surface area contributed by atoms with E-state index in [9.17, 15) is 18.8 Å².